The zero-order valence-electron chi connectivity index (χ0n) is 11.5. The summed E-state index contributed by atoms with van der Waals surface area (Å²) in [5.41, 5.74) is 0.357. The van der Waals surface area contributed by atoms with E-state index in [4.69, 9.17) is 4.74 Å². The van der Waals surface area contributed by atoms with Gasteiger partial charge in [-0.2, -0.15) is 5.10 Å². The van der Waals surface area contributed by atoms with E-state index in [2.05, 4.69) is 10.1 Å². The summed E-state index contributed by atoms with van der Waals surface area (Å²) in [6, 6.07) is 11.1. The van der Waals surface area contributed by atoms with E-state index in [1.807, 2.05) is 30.3 Å². The molecular weight excluding hydrogens is 269 g/mol. The number of rotatable bonds is 4. The third kappa shape index (κ3) is 2.61. The van der Waals surface area contributed by atoms with Gasteiger partial charge in [-0.1, -0.05) is 30.3 Å². The molecule has 0 fully saturated rings. The van der Waals surface area contributed by atoms with Crippen LogP contribution in [0.25, 0.3) is 10.8 Å². The summed E-state index contributed by atoms with van der Waals surface area (Å²) in [6.07, 6.45) is 1.45. The molecule has 21 heavy (non-hydrogen) atoms. The Morgan fingerprint density at radius 1 is 1.19 bits per heavy atom. The summed E-state index contributed by atoms with van der Waals surface area (Å²) in [5, 5.41) is 25.0. The fourth-order valence-electron chi connectivity index (χ4n) is 2.26. The lowest BCUT2D eigenvalue weighted by Gasteiger charge is -2.13. The van der Waals surface area contributed by atoms with Crippen LogP contribution in [0.4, 0.5) is 0 Å². The van der Waals surface area contributed by atoms with E-state index in [1.165, 1.54) is 6.33 Å². The van der Waals surface area contributed by atoms with Gasteiger partial charge in [0.1, 0.15) is 18.7 Å². The van der Waals surface area contributed by atoms with Gasteiger partial charge in [0.25, 0.3) is 0 Å². The monoisotopic (exact) mass is 283 g/mol. The van der Waals surface area contributed by atoms with Crippen molar-refractivity contribution in [2.45, 2.75) is 6.61 Å². The molecule has 0 aliphatic carbocycles. The topological polar surface area (TPSA) is 80.4 Å². The van der Waals surface area contributed by atoms with Crippen molar-refractivity contribution >= 4 is 23.4 Å². The van der Waals surface area contributed by atoms with Gasteiger partial charge in [-0.3, -0.25) is 4.68 Å². The highest BCUT2D eigenvalue weighted by atomic mass is 16.5. The smallest absolute Gasteiger partial charge is 0.486 e. The predicted octanol–water partition coefficient (Wildman–Crippen LogP) is 0.227. The van der Waals surface area contributed by atoms with Crippen molar-refractivity contribution in [2.75, 3.05) is 0 Å². The lowest BCUT2D eigenvalue weighted by atomic mass is 9.76. The van der Waals surface area contributed by atoms with Crippen LogP contribution in [-0.2, 0) is 13.7 Å². The Kier molecular flexibility index (Phi) is 3.59. The highest BCUT2D eigenvalue weighted by Gasteiger charge is 2.21. The number of aryl methyl sites for hydroxylation is 1. The summed E-state index contributed by atoms with van der Waals surface area (Å²) in [7, 11) is 0.166. The van der Waals surface area contributed by atoms with E-state index >= 15 is 0 Å². The van der Waals surface area contributed by atoms with Crippen LogP contribution in [0.2, 0.25) is 0 Å². The van der Waals surface area contributed by atoms with E-state index < -0.39 is 7.12 Å². The van der Waals surface area contributed by atoms with Crippen LogP contribution >= 0.6 is 0 Å². The molecule has 7 heteroatoms. The Labute approximate surface area is 121 Å². The maximum absolute atomic E-state index is 9.66. The molecule has 0 amide bonds. The summed E-state index contributed by atoms with van der Waals surface area (Å²) in [4.78, 5) is 4.07. The fraction of sp³-hybridized carbons (Fsp3) is 0.143. The van der Waals surface area contributed by atoms with Gasteiger partial charge in [0.2, 0.25) is 0 Å². The molecule has 0 aliphatic heterocycles. The van der Waals surface area contributed by atoms with E-state index in [-0.39, 0.29) is 6.61 Å². The molecule has 1 heterocycles. The molecule has 0 spiro atoms. The Morgan fingerprint density at radius 3 is 2.71 bits per heavy atom. The van der Waals surface area contributed by atoms with E-state index in [9.17, 15) is 10.0 Å². The number of aromatic nitrogens is 3. The SMILES string of the molecule is Cn1ncnc1COc1ccc2ccccc2c1B(O)O. The quantitative estimate of drug-likeness (QED) is 0.670. The maximum atomic E-state index is 9.66. The van der Waals surface area contributed by atoms with Gasteiger partial charge < -0.3 is 14.8 Å². The van der Waals surface area contributed by atoms with Crippen LogP contribution in [0.5, 0.6) is 5.75 Å². The molecular formula is C14H14BN3O3. The highest BCUT2D eigenvalue weighted by molar-refractivity contribution is 6.63. The van der Waals surface area contributed by atoms with Crippen LogP contribution in [0.15, 0.2) is 42.7 Å². The van der Waals surface area contributed by atoms with Crippen molar-refractivity contribution < 1.29 is 14.8 Å². The molecule has 0 unspecified atom stereocenters. The van der Waals surface area contributed by atoms with Crippen LogP contribution in [0, 0.1) is 0 Å². The minimum atomic E-state index is -1.61. The van der Waals surface area contributed by atoms with Gasteiger partial charge in [-0.25, -0.2) is 4.98 Å². The predicted molar refractivity (Wildman–Crippen MR) is 79.1 cm³/mol. The van der Waals surface area contributed by atoms with Gasteiger partial charge in [-0.05, 0) is 16.8 Å². The average Bonchev–Trinajstić information content (AvgIpc) is 2.89. The van der Waals surface area contributed by atoms with Gasteiger partial charge in [0.15, 0.2) is 5.82 Å². The molecule has 2 aromatic carbocycles. The van der Waals surface area contributed by atoms with Crippen molar-refractivity contribution in [1.82, 2.24) is 14.8 Å². The Hall–Kier alpha value is -2.38. The van der Waals surface area contributed by atoms with E-state index in [0.29, 0.717) is 17.0 Å². The maximum Gasteiger partial charge on any atom is 0.492 e. The Balaban J connectivity index is 1.98. The van der Waals surface area contributed by atoms with Crippen LogP contribution < -0.4 is 10.2 Å². The van der Waals surface area contributed by atoms with Gasteiger partial charge in [0.05, 0.1) is 0 Å². The number of hydrogen-bond donors (Lipinski definition) is 2. The summed E-state index contributed by atoms with van der Waals surface area (Å²) < 4.78 is 7.30. The first kappa shape index (κ1) is 13.6. The first-order valence-electron chi connectivity index (χ1n) is 6.50. The van der Waals surface area contributed by atoms with Crippen molar-refractivity contribution in [3.8, 4) is 5.75 Å². The Morgan fingerprint density at radius 2 is 2.00 bits per heavy atom. The number of nitrogens with zero attached hydrogens (tertiary/aromatic N) is 3. The third-order valence-electron chi connectivity index (χ3n) is 3.35. The normalized spacial score (nSPS) is 10.8. The van der Waals surface area contributed by atoms with Gasteiger partial charge in [0, 0.05) is 12.5 Å². The van der Waals surface area contributed by atoms with E-state index in [0.717, 1.165) is 10.8 Å². The second-order valence-corrected chi connectivity index (χ2v) is 4.66. The Bertz CT molecular complexity index is 773. The van der Waals surface area contributed by atoms with Crippen molar-refractivity contribution in [1.29, 1.82) is 0 Å². The van der Waals surface area contributed by atoms with Crippen LogP contribution in [0.3, 0.4) is 0 Å². The molecule has 0 radical (unpaired) electrons. The zero-order chi connectivity index (χ0) is 14.8. The fourth-order valence-corrected chi connectivity index (χ4v) is 2.26. The second-order valence-electron chi connectivity index (χ2n) is 4.66. The van der Waals surface area contributed by atoms with Crippen molar-refractivity contribution in [3.05, 3.63) is 48.5 Å². The molecule has 6 nitrogen and oxygen atoms in total. The largest absolute Gasteiger partial charge is 0.492 e. The molecule has 3 rings (SSSR count). The zero-order valence-corrected chi connectivity index (χ0v) is 11.5. The summed E-state index contributed by atoms with van der Waals surface area (Å²) in [6.45, 7) is 0.203. The molecule has 0 bridgehead atoms. The van der Waals surface area contributed by atoms with Crippen LogP contribution in [0.1, 0.15) is 5.82 Å². The molecule has 1 aromatic heterocycles. The molecule has 0 atom stereocenters. The van der Waals surface area contributed by atoms with Crippen molar-refractivity contribution in [3.63, 3.8) is 0 Å². The average molecular weight is 283 g/mol. The highest BCUT2D eigenvalue weighted by Crippen LogP contribution is 2.19. The summed E-state index contributed by atoms with van der Waals surface area (Å²) in [5.74, 6) is 1.08. The standard InChI is InChI=1S/C14H14BN3O3/c1-18-13(16-9-17-18)8-21-12-7-6-10-4-2-3-5-11(10)14(12)15(19)20/h2-7,9,19-20H,8H2,1H3. The number of hydrogen-bond acceptors (Lipinski definition) is 5. The molecule has 0 aliphatic rings. The first-order valence-corrected chi connectivity index (χ1v) is 6.50. The van der Waals surface area contributed by atoms with Crippen molar-refractivity contribution in [2.24, 2.45) is 7.05 Å². The number of ether oxygens (including phenoxy) is 1. The number of fused-ring (bicyclic) bond motifs is 1. The summed E-state index contributed by atoms with van der Waals surface area (Å²) >= 11 is 0. The molecule has 3 aromatic rings. The molecule has 2 N–H and O–H groups in total. The van der Waals surface area contributed by atoms with Gasteiger partial charge in [-0.15, -0.1) is 0 Å². The molecule has 106 valence electrons. The lowest BCUT2D eigenvalue weighted by Crippen LogP contribution is -2.32. The first-order chi connectivity index (χ1) is 10.2. The van der Waals surface area contributed by atoms with Gasteiger partial charge >= 0.3 is 7.12 Å². The second kappa shape index (κ2) is 5.55. The number of benzene rings is 2. The minimum Gasteiger partial charge on any atom is -0.486 e. The van der Waals surface area contributed by atoms with Crippen LogP contribution in [-0.4, -0.2) is 31.9 Å². The van der Waals surface area contributed by atoms with E-state index in [1.54, 1.807) is 17.8 Å². The molecule has 0 saturated carbocycles. The molecule has 0 saturated heterocycles. The minimum absolute atomic E-state index is 0.203. The third-order valence-corrected chi connectivity index (χ3v) is 3.35. The lowest BCUT2D eigenvalue weighted by molar-refractivity contribution is 0.291.